The van der Waals surface area contributed by atoms with Crippen molar-refractivity contribution >= 4 is 28.7 Å². The lowest BCUT2D eigenvalue weighted by Crippen LogP contribution is -2.49. The maximum absolute atomic E-state index is 12.8. The first-order chi connectivity index (χ1) is 18.4. The summed E-state index contributed by atoms with van der Waals surface area (Å²) in [4.78, 5) is 26.4. The largest absolute Gasteiger partial charge is 0.455 e. The van der Waals surface area contributed by atoms with E-state index in [2.05, 4.69) is 38.9 Å². The normalized spacial score (nSPS) is 14.5. The third-order valence-electron chi connectivity index (χ3n) is 7.01. The van der Waals surface area contributed by atoms with Crippen molar-refractivity contribution in [2.75, 3.05) is 47.9 Å². The van der Waals surface area contributed by atoms with Gasteiger partial charge in [-0.1, -0.05) is 20.8 Å². The van der Waals surface area contributed by atoms with Gasteiger partial charge in [0.05, 0.1) is 47.4 Å². The van der Waals surface area contributed by atoms with Gasteiger partial charge in [-0.25, -0.2) is 5.84 Å². The minimum absolute atomic E-state index is 0.152. The number of piperazine rings is 1. The molecule has 0 saturated carbocycles. The second-order valence-corrected chi connectivity index (χ2v) is 11.4. The van der Waals surface area contributed by atoms with Crippen LogP contribution in [-0.4, -0.2) is 65.3 Å². The molecule has 0 bridgehead atoms. The summed E-state index contributed by atoms with van der Waals surface area (Å²) in [7, 11) is 0. The number of nitrogens with one attached hydrogen (secondary N) is 2. The molecule has 208 valence electrons. The molecule has 0 spiro atoms. The Labute approximate surface area is 230 Å². The van der Waals surface area contributed by atoms with E-state index in [9.17, 15) is 4.79 Å². The van der Waals surface area contributed by atoms with Crippen LogP contribution in [-0.2, 0) is 5.41 Å². The van der Waals surface area contributed by atoms with Crippen LogP contribution < -0.4 is 21.1 Å². The Balaban J connectivity index is 1.42. The van der Waals surface area contributed by atoms with Gasteiger partial charge < -0.3 is 25.1 Å². The van der Waals surface area contributed by atoms with Gasteiger partial charge in [-0.15, -0.1) is 0 Å². The van der Waals surface area contributed by atoms with E-state index in [1.165, 1.54) is 5.01 Å². The fraction of sp³-hybridized carbons (Fsp3) is 0.448. The molecule has 1 aliphatic heterocycles. The molecule has 1 saturated heterocycles. The van der Waals surface area contributed by atoms with Crippen molar-refractivity contribution < 1.29 is 9.21 Å². The smallest absolute Gasteiger partial charge is 0.291 e. The van der Waals surface area contributed by atoms with Crippen molar-refractivity contribution in [2.45, 2.75) is 53.0 Å². The van der Waals surface area contributed by atoms with E-state index in [-0.39, 0.29) is 23.6 Å². The molecule has 4 heterocycles. The lowest BCUT2D eigenvalue weighted by molar-refractivity contribution is 0.0993. The quantitative estimate of drug-likeness (QED) is 0.224. The molecule has 10 heteroatoms. The molecule has 1 amide bonds. The summed E-state index contributed by atoms with van der Waals surface area (Å²) in [6.07, 6.45) is 5.13. The van der Waals surface area contributed by atoms with E-state index in [0.29, 0.717) is 28.8 Å². The third-order valence-corrected chi connectivity index (χ3v) is 7.01. The van der Waals surface area contributed by atoms with Crippen LogP contribution in [0.5, 0.6) is 0 Å². The molecule has 3 aromatic heterocycles. The zero-order valence-electron chi connectivity index (χ0n) is 23.8. The van der Waals surface area contributed by atoms with Crippen molar-refractivity contribution in [2.24, 2.45) is 5.84 Å². The Morgan fingerprint density at radius 3 is 2.51 bits per heavy atom. The highest BCUT2D eigenvalue weighted by molar-refractivity contribution is 6.03. The summed E-state index contributed by atoms with van der Waals surface area (Å²) in [5.74, 6) is 7.00. The summed E-state index contributed by atoms with van der Waals surface area (Å²) >= 11 is 0. The van der Waals surface area contributed by atoms with E-state index in [0.717, 1.165) is 43.2 Å². The van der Waals surface area contributed by atoms with Gasteiger partial charge >= 0.3 is 0 Å². The zero-order chi connectivity index (χ0) is 28.3. The zero-order valence-corrected chi connectivity index (χ0v) is 23.8. The number of hydrogen-bond acceptors (Lipinski definition) is 9. The van der Waals surface area contributed by atoms with Gasteiger partial charge in [-0.3, -0.25) is 19.7 Å². The second kappa shape index (κ2) is 11.5. The van der Waals surface area contributed by atoms with E-state index in [4.69, 9.17) is 15.7 Å². The number of amides is 1. The fourth-order valence-corrected chi connectivity index (χ4v) is 4.55. The molecule has 0 aromatic carbocycles. The number of nitrogens with zero attached hydrogens (tertiary/aromatic N) is 5. The van der Waals surface area contributed by atoms with Gasteiger partial charge in [-0.2, -0.15) is 0 Å². The average molecular weight is 533 g/mol. The van der Waals surface area contributed by atoms with Crippen LogP contribution in [0, 0.1) is 12.3 Å². The Bertz CT molecular complexity index is 1320. The number of nitrogens with two attached hydrogens (primary N) is 1. The van der Waals surface area contributed by atoms with E-state index >= 15 is 0 Å². The summed E-state index contributed by atoms with van der Waals surface area (Å²) in [6.45, 7) is 16.4. The number of pyridine rings is 2. The highest BCUT2D eigenvalue weighted by Gasteiger charge is 2.22. The number of hydrogen-bond donors (Lipinski definition) is 3. The van der Waals surface area contributed by atoms with Crippen LogP contribution in [0.3, 0.4) is 0 Å². The van der Waals surface area contributed by atoms with E-state index < -0.39 is 0 Å². The number of furan rings is 1. The van der Waals surface area contributed by atoms with Crippen LogP contribution in [0.4, 0.5) is 17.1 Å². The minimum Gasteiger partial charge on any atom is -0.455 e. The van der Waals surface area contributed by atoms with Crippen LogP contribution in [0.2, 0.25) is 0 Å². The second-order valence-electron chi connectivity index (χ2n) is 11.4. The first kappa shape index (κ1) is 28.3. The first-order valence-electron chi connectivity index (χ1n) is 13.3. The molecule has 0 radical (unpaired) electrons. The monoisotopic (exact) mass is 532 g/mol. The number of aryl methyl sites for hydroxylation is 1. The van der Waals surface area contributed by atoms with E-state index in [1.807, 2.05) is 46.0 Å². The number of rotatable bonds is 8. The highest BCUT2D eigenvalue weighted by atomic mass is 16.4. The van der Waals surface area contributed by atoms with Gasteiger partial charge in [0.1, 0.15) is 5.76 Å². The number of aromatic nitrogens is 2. The van der Waals surface area contributed by atoms with Crippen LogP contribution >= 0.6 is 0 Å². The van der Waals surface area contributed by atoms with Gasteiger partial charge in [0.25, 0.3) is 5.91 Å². The van der Waals surface area contributed by atoms with Gasteiger partial charge in [0.15, 0.2) is 5.76 Å². The number of carbonyl (C=O) groups excluding carboxylic acids is 1. The lowest BCUT2D eigenvalue weighted by Gasteiger charge is -2.38. The summed E-state index contributed by atoms with van der Waals surface area (Å²) in [5, 5.41) is 13.0. The molecule has 0 aliphatic carbocycles. The maximum Gasteiger partial charge on any atom is 0.291 e. The van der Waals surface area contributed by atoms with Crippen molar-refractivity contribution in [3.8, 4) is 0 Å². The predicted molar refractivity (Wildman–Crippen MR) is 156 cm³/mol. The average Bonchev–Trinajstić information content (AvgIpc) is 3.41. The van der Waals surface area contributed by atoms with Crippen LogP contribution in [0.15, 0.2) is 47.3 Å². The molecule has 1 aliphatic rings. The summed E-state index contributed by atoms with van der Waals surface area (Å²) in [6, 6.07) is 7.78. The van der Waals surface area contributed by atoms with E-state index in [1.54, 1.807) is 24.5 Å². The SMILES string of the molecule is Cc1ncc(NC(=O)c2ccc(C(C)(C)C)o2)cc1N(N)CC(=N)c1cncc(N2CCN(C(C)C)CC2)c1. The maximum atomic E-state index is 12.8. The van der Waals surface area contributed by atoms with Crippen LogP contribution in [0.25, 0.3) is 0 Å². The topological polar surface area (TPSA) is 128 Å². The first-order valence-corrected chi connectivity index (χ1v) is 13.3. The summed E-state index contributed by atoms with van der Waals surface area (Å²) in [5.41, 5.74) is 3.66. The van der Waals surface area contributed by atoms with Crippen LogP contribution in [0.1, 0.15) is 62.2 Å². The molecule has 0 unspecified atom stereocenters. The Kier molecular flexibility index (Phi) is 8.36. The molecule has 3 aromatic rings. The molecule has 39 heavy (non-hydrogen) atoms. The lowest BCUT2D eigenvalue weighted by atomic mass is 9.94. The molecule has 4 N–H and O–H groups in total. The molecular formula is C29H40N8O2. The Hall–Kier alpha value is -3.76. The van der Waals surface area contributed by atoms with Crippen molar-refractivity contribution in [1.29, 1.82) is 5.41 Å². The Morgan fingerprint density at radius 2 is 1.87 bits per heavy atom. The molecule has 1 fully saturated rings. The fourth-order valence-electron chi connectivity index (χ4n) is 4.55. The molecule has 10 nitrogen and oxygen atoms in total. The highest BCUT2D eigenvalue weighted by Crippen LogP contribution is 2.26. The number of carbonyl (C=O) groups is 1. The van der Waals surface area contributed by atoms with Crippen molar-refractivity contribution in [3.05, 3.63) is 65.6 Å². The minimum atomic E-state index is -0.365. The third kappa shape index (κ3) is 6.82. The molecule has 0 atom stereocenters. The van der Waals surface area contributed by atoms with Gasteiger partial charge in [0, 0.05) is 49.4 Å². The van der Waals surface area contributed by atoms with Crippen molar-refractivity contribution in [1.82, 2.24) is 14.9 Å². The molecule has 4 rings (SSSR count). The van der Waals surface area contributed by atoms with Crippen molar-refractivity contribution in [3.63, 3.8) is 0 Å². The standard InChI is InChI=1S/C29H40N8O2/c1-19(2)35-9-11-36(12-10-35)23-13-21(15-32-17-23)24(30)18-37(31)25-14-22(16-33-20(25)3)34-28(38)26-7-8-27(39-26)29(4,5)6/h7-8,13-17,19,30H,9-12,18,31H2,1-6H3,(H,34,38). The Morgan fingerprint density at radius 1 is 1.15 bits per heavy atom. The summed E-state index contributed by atoms with van der Waals surface area (Å²) < 4.78 is 5.75. The predicted octanol–water partition coefficient (Wildman–Crippen LogP) is 4.21. The number of hydrazine groups is 1. The van der Waals surface area contributed by atoms with Gasteiger partial charge in [-0.05, 0) is 45.0 Å². The van der Waals surface area contributed by atoms with Gasteiger partial charge in [0.2, 0.25) is 0 Å². The number of anilines is 3. The molecular weight excluding hydrogens is 492 g/mol.